The summed E-state index contributed by atoms with van der Waals surface area (Å²) in [7, 11) is 0. The molecule has 0 unspecified atom stereocenters. The number of carbonyl (C=O) groups is 6. The Bertz CT molecular complexity index is 1350. The van der Waals surface area contributed by atoms with E-state index >= 15 is 0 Å². The molecule has 0 aliphatic heterocycles. The number of hydrogen-bond acceptors (Lipinski definition) is 6. The van der Waals surface area contributed by atoms with Gasteiger partial charge in [0.2, 0.25) is 17.7 Å². The van der Waals surface area contributed by atoms with Crippen molar-refractivity contribution in [2.75, 3.05) is 0 Å². The van der Waals surface area contributed by atoms with Crippen LogP contribution in [-0.4, -0.2) is 69.8 Å². The summed E-state index contributed by atoms with van der Waals surface area (Å²) in [6, 6.07) is 9.54. The normalized spacial score (nSPS) is 15.0. The van der Waals surface area contributed by atoms with Gasteiger partial charge in [-0.15, -0.1) is 0 Å². The third-order valence-corrected chi connectivity index (χ3v) is 7.99. The Balaban J connectivity index is 0.00000675. The van der Waals surface area contributed by atoms with Crippen molar-refractivity contribution >= 4 is 58.0 Å². The smallest absolute Gasteiger partial charge is 0.305 e. The first-order valence-electron chi connectivity index (χ1n) is 13.7. The molecule has 44 heavy (non-hydrogen) atoms. The van der Waals surface area contributed by atoms with E-state index in [4.69, 9.17) is 5.73 Å². The standard InChI is InChI=1S/C30H34IN4O8.Y/c1-16(36)24(15-26(39)40)34-30(43)27(20-13-18-4-2-3-5-19(18)14-20)35-29(42)23(10-11-25(37)38)33-28(41)22(32)12-17-6-8-21(31)9-7-17;/h2-9,20,22-24,27,32H,10-15H2,1H3,(H,33,41)(H,34,43)(H,35,42)(H,37,38)(H,39,40);/q-1;/t22-,23-,24-,27-;/m0./s1. The number of nitrogens with one attached hydrogen (secondary N) is 4. The van der Waals surface area contributed by atoms with Crippen molar-refractivity contribution in [2.45, 2.75) is 69.6 Å². The molecule has 0 saturated carbocycles. The Morgan fingerprint density at radius 2 is 1.41 bits per heavy atom. The van der Waals surface area contributed by atoms with E-state index in [1.807, 2.05) is 36.4 Å². The molecule has 233 valence electrons. The molecule has 0 saturated heterocycles. The summed E-state index contributed by atoms with van der Waals surface area (Å²) in [5.41, 5.74) is 11.0. The van der Waals surface area contributed by atoms with Crippen LogP contribution in [-0.2, 0) is 80.7 Å². The quantitative estimate of drug-likeness (QED) is 0.169. The number of carboxylic acids is 2. The summed E-state index contributed by atoms with van der Waals surface area (Å²) >= 11 is 2.13. The fourth-order valence-corrected chi connectivity index (χ4v) is 5.33. The molecule has 0 heterocycles. The van der Waals surface area contributed by atoms with Gasteiger partial charge in [-0.05, 0) is 89.9 Å². The summed E-state index contributed by atoms with van der Waals surface area (Å²) in [5, 5.41) is 26.0. The first-order chi connectivity index (χ1) is 20.3. The topological polar surface area (TPSA) is 203 Å². The number of aliphatic carboxylic acids is 2. The molecule has 2 aromatic carbocycles. The summed E-state index contributed by atoms with van der Waals surface area (Å²) in [6.45, 7) is 1.15. The third-order valence-electron chi connectivity index (χ3n) is 7.27. The van der Waals surface area contributed by atoms with Crippen LogP contribution in [0, 0.1) is 9.49 Å². The van der Waals surface area contributed by atoms with Gasteiger partial charge < -0.3 is 31.9 Å². The van der Waals surface area contributed by atoms with Crippen molar-refractivity contribution in [3.8, 4) is 0 Å². The van der Waals surface area contributed by atoms with E-state index in [9.17, 15) is 39.0 Å². The van der Waals surface area contributed by atoms with E-state index in [-0.39, 0.29) is 45.6 Å². The number of Topliss-reactive ketones (excluding diaryl/α,β-unsaturated/α-hetero) is 1. The van der Waals surface area contributed by atoms with E-state index in [1.54, 1.807) is 12.1 Å². The van der Waals surface area contributed by atoms with Crippen molar-refractivity contribution in [2.24, 2.45) is 5.92 Å². The summed E-state index contributed by atoms with van der Waals surface area (Å²) in [5.74, 6) is -5.90. The van der Waals surface area contributed by atoms with Gasteiger partial charge in [-0.3, -0.25) is 28.8 Å². The molecule has 0 spiro atoms. The van der Waals surface area contributed by atoms with E-state index in [2.05, 4.69) is 38.5 Å². The van der Waals surface area contributed by atoms with Crippen molar-refractivity contribution in [1.82, 2.24) is 16.0 Å². The number of halogens is 1. The van der Waals surface area contributed by atoms with Crippen LogP contribution < -0.4 is 16.0 Å². The van der Waals surface area contributed by atoms with E-state index < -0.39 is 78.4 Å². The van der Waals surface area contributed by atoms with Gasteiger partial charge in [0, 0.05) is 42.7 Å². The number of fused-ring (bicyclic) bond motifs is 1. The Hall–Kier alpha value is -2.75. The first-order valence-corrected chi connectivity index (χ1v) is 14.8. The Morgan fingerprint density at radius 1 is 0.841 bits per heavy atom. The molecule has 0 aromatic heterocycles. The number of carboxylic acid groups (broad SMARTS) is 2. The maximum Gasteiger partial charge on any atom is 0.305 e. The van der Waals surface area contributed by atoms with Crippen molar-refractivity contribution < 1.29 is 71.7 Å². The van der Waals surface area contributed by atoms with Crippen LogP contribution in [0.2, 0.25) is 0 Å². The minimum Gasteiger partial charge on any atom is -0.667 e. The third kappa shape index (κ3) is 11.3. The van der Waals surface area contributed by atoms with Gasteiger partial charge in [0.25, 0.3) is 0 Å². The summed E-state index contributed by atoms with van der Waals surface area (Å²) in [6.07, 6.45) is -0.510. The zero-order chi connectivity index (χ0) is 31.7. The fourth-order valence-electron chi connectivity index (χ4n) is 4.97. The van der Waals surface area contributed by atoms with Crippen LogP contribution in [0.4, 0.5) is 0 Å². The van der Waals surface area contributed by atoms with Gasteiger partial charge >= 0.3 is 11.9 Å². The molecule has 4 atom stereocenters. The molecular formula is C30H34IN4O8Y-. The molecule has 3 amide bonds. The minimum absolute atomic E-state index is 0. The molecule has 0 fully saturated rings. The Kier molecular flexibility index (Phi) is 15.0. The predicted octanol–water partition coefficient (Wildman–Crippen LogP) is 2.05. The molecule has 0 bridgehead atoms. The molecule has 2 aromatic rings. The SMILES string of the molecule is CC(=O)[C@H](CC(=O)O)NC(=O)[C@@H](NC(=O)[C@H](CCC(=O)O)NC(=O)[C@@H]([NH-])Cc1ccc(I)cc1)C1Cc2ccccc2C1.[Y]. The van der Waals surface area contributed by atoms with Crippen LogP contribution in [0.1, 0.15) is 42.9 Å². The van der Waals surface area contributed by atoms with Gasteiger partial charge in [-0.2, -0.15) is 0 Å². The number of amides is 3. The van der Waals surface area contributed by atoms with Gasteiger partial charge in [0.1, 0.15) is 12.1 Å². The van der Waals surface area contributed by atoms with E-state index in [0.717, 1.165) is 27.2 Å². The Labute approximate surface area is 293 Å². The van der Waals surface area contributed by atoms with Gasteiger partial charge in [0.15, 0.2) is 5.78 Å². The van der Waals surface area contributed by atoms with Crippen LogP contribution in [0.5, 0.6) is 0 Å². The number of ketones is 1. The average molecular weight is 794 g/mol. The first kappa shape index (κ1) is 37.4. The predicted molar refractivity (Wildman–Crippen MR) is 164 cm³/mol. The van der Waals surface area contributed by atoms with Crippen LogP contribution in [0.3, 0.4) is 0 Å². The number of benzene rings is 2. The largest absolute Gasteiger partial charge is 0.667 e. The van der Waals surface area contributed by atoms with E-state index in [1.165, 1.54) is 0 Å². The van der Waals surface area contributed by atoms with Crippen LogP contribution in [0.25, 0.3) is 5.73 Å². The summed E-state index contributed by atoms with van der Waals surface area (Å²) < 4.78 is 0.985. The second-order valence-electron chi connectivity index (χ2n) is 10.6. The maximum absolute atomic E-state index is 13.5. The zero-order valence-electron chi connectivity index (χ0n) is 24.0. The molecule has 1 aliphatic rings. The Morgan fingerprint density at radius 3 is 1.93 bits per heavy atom. The molecular weight excluding hydrogens is 760 g/mol. The van der Waals surface area contributed by atoms with Gasteiger partial charge in [0.05, 0.1) is 12.5 Å². The van der Waals surface area contributed by atoms with Crippen LogP contribution in [0.15, 0.2) is 48.5 Å². The van der Waals surface area contributed by atoms with Gasteiger partial charge in [-0.1, -0.05) is 42.4 Å². The molecule has 1 aliphatic carbocycles. The van der Waals surface area contributed by atoms with Crippen molar-refractivity contribution in [3.63, 3.8) is 0 Å². The maximum atomic E-state index is 13.5. The monoisotopic (exact) mass is 794 g/mol. The number of hydrogen-bond donors (Lipinski definition) is 5. The molecule has 1 radical (unpaired) electrons. The van der Waals surface area contributed by atoms with Gasteiger partial charge in [-0.25, -0.2) is 0 Å². The second-order valence-corrected chi connectivity index (χ2v) is 11.8. The fraction of sp³-hybridized carbons (Fsp3) is 0.400. The number of carbonyl (C=O) groups excluding carboxylic acids is 4. The van der Waals surface area contributed by atoms with Crippen molar-refractivity contribution in [3.05, 3.63) is 74.5 Å². The van der Waals surface area contributed by atoms with E-state index in [0.29, 0.717) is 12.8 Å². The zero-order valence-corrected chi connectivity index (χ0v) is 29.0. The van der Waals surface area contributed by atoms with Crippen molar-refractivity contribution in [1.29, 1.82) is 0 Å². The molecule has 6 N–H and O–H groups in total. The minimum atomic E-state index is -1.37. The average Bonchev–Trinajstić information content (AvgIpc) is 3.38. The molecule has 14 heteroatoms. The van der Waals surface area contributed by atoms with Crippen LogP contribution >= 0.6 is 22.6 Å². The molecule has 3 rings (SSSR count). The summed E-state index contributed by atoms with van der Waals surface area (Å²) in [4.78, 5) is 74.6. The second kappa shape index (κ2) is 17.7. The number of rotatable bonds is 15. The molecule has 12 nitrogen and oxygen atoms in total.